The molecule has 0 unspecified atom stereocenters. The highest BCUT2D eigenvalue weighted by atomic mass is 32.1. The number of benzene rings is 1. The summed E-state index contributed by atoms with van der Waals surface area (Å²) in [4.78, 5) is 19.2. The number of carboxylic acid groups (broad SMARTS) is 1. The van der Waals surface area contributed by atoms with Crippen molar-refractivity contribution < 1.29 is 14.3 Å². The molecular weight excluding hydrogens is 355 g/mol. The average molecular weight is 376 g/mol. The molecule has 2 heterocycles. The number of rotatable bonds is 5. The molecule has 1 aliphatic rings. The van der Waals surface area contributed by atoms with E-state index in [0.29, 0.717) is 36.8 Å². The van der Waals surface area contributed by atoms with E-state index in [9.17, 15) is 9.18 Å². The molecule has 0 saturated heterocycles. The van der Waals surface area contributed by atoms with Crippen molar-refractivity contribution in [3.05, 3.63) is 45.9 Å². The number of nitrogens with two attached hydrogens (primary N) is 1. The van der Waals surface area contributed by atoms with Gasteiger partial charge in [-0.15, -0.1) is 11.3 Å². The van der Waals surface area contributed by atoms with Crippen LogP contribution in [0.5, 0.6) is 0 Å². The number of likely N-dealkylation sites (N-methyl/N-ethyl adjacent to an activating group) is 1. The summed E-state index contributed by atoms with van der Waals surface area (Å²) in [6, 6.07) is 7.02. The highest BCUT2D eigenvalue weighted by Crippen LogP contribution is 2.34. The lowest BCUT2D eigenvalue weighted by Gasteiger charge is -2.32. The first-order valence-corrected chi connectivity index (χ1v) is 9.23. The summed E-state index contributed by atoms with van der Waals surface area (Å²) in [5.41, 5.74) is 7.92. The molecule has 0 aliphatic carbocycles. The zero-order chi connectivity index (χ0) is 18.7. The van der Waals surface area contributed by atoms with Gasteiger partial charge in [0.15, 0.2) is 0 Å². The standard InChI is InChI=1S/C18H21FN4O2S/c1-22(18(24)25)7-8-23-6-2-4-12-10-13(11-14(19)16(12)23)21-17(20)15-5-3-9-26-15/h3,5,9-11H,2,4,6-8H2,1H3,(H2,20,21)(H,24,25). The predicted octanol–water partition coefficient (Wildman–Crippen LogP) is 3.29. The summed E-state index contributed by atoms with van der Waals surface area (Å²) in [6.07, 6.45) is 0.660. The number of amides is 1. The van der Waals surface area contributed by atoms with E-state index in [1.54, 1.807) is 0 Å². The van der Waals surface area contributed by atoms with Crippen LogP contribution in [0, 0.1) is 5.82 Å². The Kier molecular flexibility index (Phi) is 5.41. The van der Waals surface area contributed by atoms with Gasteiger partial charge in [-0.05, 0) is 35.9 Å². The minimum Gasteiger partial charge on any atom is -0.465 e. The topological polar surface area (TPSA) is 82.2 Å². The maximum atomic E-state index is 14.8. The first-order chi connectivity index (χ1) is 12.5. The second-order valence-corrected chi connectivity index (χ2v) is 7.15. The molecule has 6 nitrogen and oxygen atoms in total. The van der Waals surface area contributed by atoms with E-state index >= 15 is 0 Å². The summed E-state index contributed by atoms with van der Waals surface area (Å²) < 4.78 is 14.8. The third kappa shape index (κ3) is 3.96. The number of aryl methyl sites for hydroxylation is 1. The monoisotopic (exact) mass is 376 g/mol. The van der Waals surface area contributed by atoms with Crippen LogP contribution in [0.1, 0.15) is 16.9 Å². The van der Waals surface area contributed by atoms with E-state index in [0.717, 1.165) is 23.3 Å². The highest BCUT2D eigenvalue weighted by Gasteiger charge is 2.22. The number of nitrogens with zero attached hydrogens (tertiary/aromatic N) is 3. The van der Waals surface area contributed by atoms with Crippen LogP contribution in [0.3, 0.4) is 0 Å². The van der Waals surface area contributed by atoms with Crippen LogP contribution in [-0.2, 0) is 6.42 Å². The molecule has 8 heteroatoms. The van der Waals surface area contributed by atoms with Crippen molar-refractivity contribution in [1.29, 1.82) is 0 Å². The van der Waals surface area contributed by atoms with Crippen molar-refractivity contribution in [2.75, 3.05) is 31.6 Å². The fraction of sp³-hybridized carbons (Fsp3) is 0.333. The summed E-state index contributed by atoms with van der Waals surface area (Å²) in [5.74, 6) is 0.0213. The number of fused-ring (bicyclic) bond motifs is 1. The SMILES string of the molecule is CN(CCN1CCCc2cc(N=C(N)c3cccs3)cc(F)c21)C(=O)O. The minimum absolute atomic E-state index is 0.319. The second-order valence-electron chi connectivity index (χ2n) is 6.20. The lowest BCUT2D eigenvalue weighted by molar-refractivity contribution is 0.157. The lowest BCUT2D eigenvalue weighted by atomic mass is 10.0. The van der Waals surface area contributed by atoms with Gasteiger partial charge in [0.1, 0.15) is 11.7 Å². The number of amidine groups is 1. The van der Waals surface area contributed by atoms with Crippen LogP contribution in [0.25, 0.3) is 0 Å². The maximum absolute atomic E-state index is 14.8. The molecule has 1 aromatic heterocycles. The van der Waals surface area contributed by atoms with Crippen molar-refractivity contribution in [1.82, 2.24) is 4.90 Å². The Morgan fingerprint density at radius 1 is 1.50 bits per heavy atom. The Balaban J connectivity index is 1.83. The summed E-state index contributed by atoms with van der Waals surface area (Å²) in [6.45, 7) is 1.48. The first-order valence-electron chi connectivity index (χ1n) is 8.35. The van der Waals surface area contributed by atoms with Gasteiger partial charge in [0.2, 0.25) is 0 Å². The number of hydrogen-bond donors (Lipinski definition) is 2. The molecule has 26 heavy (non-hydrogen) atoms. The van der Waals surface area contributed by atoms with E-state index in [4.69, 9.17) is 10.8 Å². The average Bonchev–Trinajstić information content (AvgIpc) is 3.14. The zero-order valence-electron chi connectivity index (χ0n) is 14.5. The number of anilines is 1. The molecule has 0 bridgehead atoms. The van der Waals surface area contributed by atoms with Crippen molar-refractivity contribution in [3.8, 4) is 0 Å². The molecule has 138 valence electrons. The van der Waals surface area contributed by atoms with Crippen molar-refractivity contribution in [3.63, 3.8) is 0 Å². The Morgan fingerprint density at radius 2 is 2.31 bits per heavy atom. The Hall–Kier alpha value is -2.61. The second kappa shape index (κ2) is 7.74. The van der Waals surface area contributed by atoms with E-state index in [-0.39, 0.29) is 5.82 Å². The Morgan fingerprint density at radius 3 is 3.00 bits per heavy atom. The van der Waals surface area contributed by atoms with Crippen molar-refractivity contribution in [2.24, 2.45) is 10.7 Å². The zero-order valence-corrected chi connectivity index (χ0v) is 15.3. The van der Waals surface area contributed by atoms with Gasteiger partial charge in [0.25, 0.3) is 0 Å². The molecule has 3 N–H and O–H groups in total. The lowest BCUT2D eigenvalue weighted by Crippen LogP contribution is -2.38. The van der Waals surface area contributed by atoms with Crippen LogP contribution in [-0.4, -0.2) is 48.6 Å². The molecule has 0 atom stereocenters. The smallest absolute Gasteiger partial charge is 0.407 e. The molecule has 0 radical (unpaired) electrons. The van der Waals surface area contributed by atoms with Crippen LogP contribution < -0.4 is 10.6 Å². The molecule has 1 aromatic carbocycles. The van der Waals surface area contributed by atoms with Crippen LogP contribution in [0.4, 0.5) is 20.6 Å². The Labute approximate surface area is 155 Å². The number of hydrogen-bond acceptors (Lipinski definition) is 4. The summed E-state index contributed by atoms with van der Waals surface area (Å²) in [7, 11) is 1.51. The van der Waals surface area contributed by atoms with Gasteiger partial charge in [-0.2, -0.15) is 0 Å². The van der Waals surface area contributed by atoms with Gasteiger partial charge >= 0.3 is 6.09 Å². The Bertz CT molecular complexity index is 823. The van der Waals surface area contributed by atoms with Gasteiger partial charge in [-0.25, -0.2) is 14.2 Å². The highest BCUT2D eigenvalue weighted by molar-refractivity contribution is 7.12. The van der Waals surface area contributed by atoms with E-state index in [1.807, 2.05) is 28.5 Å². The molecular formula is C18H21FN4O2S. The maximum Gasteiger partial charge on any atom is 0.407 e. The van der Waals surface area contributed by atoms with E-state index < -0.39 is 6.09 Å². The first kappa shape index (κ1) is 18.2. The van der Waals surface area contributed by atoms with Gasteiger partial charge in [-0.3, -0.25) is 0 Å². The van der Waals surface area contributed by atoms with Gasteiger partial charge < -0.3 is 20.6 Å². The quantitative estimate of drug-likeness (QED) is 0.620. The largest absolute Gasteiger partial charge is 0.465 e. The third-order valence-corrected chi connectivity index (χ3v) is 5.26. The molecule has 2 aromatic rings. The number of carbonyl (C=O) groups is 1. The van der Waals surface area contributed by atoms with Crippen molar-refractivity contribution >= 4 is 34.6 Å². The molecule has 0 fully saturated rings. The third-order valence-electron chi connectivity index (χ3n) is 4.37. The van der Waals surface area contributed by atoms with Gasteiger partial charge in [-0.1, -0.05) is 6.07 Å². The van der Waals surface area contributed by atoms with E-state index in [1.165, 1.54) is 29.4 Å². The van der Waals surface area contributed by atoms with Gasteiger partial charge in [0.05, 0.1) is 16.3 Å². The normalized spacial score (nSPS) is 14.2. The molecule has 3 rings (SSSR count). The van der Waals surface area contributed by atoms with E-state index in [2.05, 4.69) is 4.99 Å². The summed E-state index contributed by atoms with van der Waals surface area (Å²) in [5, 5.41) is 10.9. The van der Waals surface area contributed by atoms with Crippen LogP contribution in [0.2, 0.25) is 0 Å². The number of aliphatic imine (C=N–C) groups is 1. The fourth-order valence-corrected chi connectivity index (χ4v) is 3.66. The van der Waals surface area contributed by atoms with Gasteiger partial charge in [0, 0.05) is 32.7 Å². The fourth-order valence-electron chi connectivity index (χ4n) is 3.03. The molecule has 1 amide bonds. The predicted molar refractivity (Wildman–Crippen MR) is 102 cm³/mol. The van der Waals surface area contributed by atoms with Crippen LogP contribution >= 0.6 is 11.3 Å². The number of thiophene rings is 1. The molecule has 0 saturated carbocycles. The molecule has 0 spiro atoms. The minimum atomic E-state index is -0.989. The molecule has 1 aliphatic heterocycles. The van der Waals surface area contributed by atoms with Crippen molar-refractivity contribution in [2.45, 2.75) is 12.8 Å². The number of halogens is 1. The summed E-state index contributed by atoms with van der Waals surface area (Å²) >= 11 is 1.48. The van der Waals surface area contributed by atoms with Crippen LogP contribution in [0.15, 0.2) is 34.6 Å².